The van der Waals surface area contributed by atoms with Gasteiger partial charge in [-0.2, -0.15) is 17.2 Å². The van der Waals surface area contributed by atoms with E-state index in [-0.39, 0.29) is 46.5 Å². The minimum Gasteiger partial charge on any atom is -1.00 e. The van der Waals surface area contributed by atoms with Crippen LogP contribution in [0.4, 0.5) is 0 Å². The normalized spacial score (nSPS) is 6.00. The molecule has 0 aromatic heterocycles. The first-order chi connectivity index (χ1) is 4.30. The van der Waals surface area contributed by atoms with Gasteiger partial charge in [0.2, 0.25) is 0 Å². The summed E-state index contributed by atoms with van der Waals surface area (Å²) in [6, 6.07) is 6.31. The molecule has 4 heteroatoms. The van der Waals surface area contributed by atoms with Crippen molar-refractivity contribution in [1.82, 2.24) is 0 Å². The average molecular weight is 244 g/mol. The smallest absolute Gasteiger partial charge is 1.00 e. The molecule has 0 amide bonds. The van der Waals surface area contributed by atoms with Crippen LogP contribution in [0.15, 0.2) is 18.2 Å². The molecule has 0 unspecified atom stereocenters. The fraction of sp³-hybridized carbons (Fsp3) is 0.375. The van der Waals surface area contributed by atoms with E-state index in [1.807, 2.05) is 0 Å². The maximum absolute atomic E-state index is 7.00. The van der Waals surface area contributed by atoms with Gasteiger partial charge in [-0.15, -0.1) is 0 Å². The summed E-state index contributed by atoms with van der Waals surface area (Å²) in [5.41, 5.74) is 2.78. The van der Waals surface area contributed by atoms with E-state index in [2.05, 4.69) is 32.0 Å². The van der Waals surface area contributed by atoms with Gasteiger partial charge in [0, 0.05) is 7.11 Å². The van der Waals surface area contributed by atoms with Crippen LogP contribution in [0.3, 0.4) is 0 Å². The van der Waals surface area contributed by atoms with Crippen LogP contribution in [-0.2, 0) is 21.7 Å². The summed E-state index contributed by atoms with van der Waals surface area (Å²) in [6.45, 7) is 4.24. The predicted octanol–water partition coefficient (Wildman–Crippen LogP) is -4.36. The molecule has 12 heavy (non-hydrogen) atoms. The monoisotopic (exact) mass is 243 g/mol. The molecular weight excluding hydrogens is 231 g/mol. The van der Waals surface area contributed by atoms with Crippen LogP contribution < -0.4 is 24.8 Å². The summed E-state index contributed by atoms with van der Waals surface area (Å²) >= 11 is 0. The predicted molar refractivity (Wildman–Crippen MR) is 39.7 cm³/mol. The second-order valence-electron chi connectivity index (χ2n) is 1.89. The molecule has 1 rings (SSSR count). The van der Waals surface area contributed by atoms with Crippen molar-refractivity contribution in [2.45, 2.75) is 13.8 Å². The van der Waals surface area contributed by atoms with Gasteiger partial charge >= 0.3 is 21.7 Å². The van der Waals surface area contributed by atoms with Crippen molar-refractivity contribution in [2.75, 3.05) is 7.11 Å². The largest absolute Gasteiger partial charge is 3.00 e. The van der Waals surface area contributed by atoms with Crippen LogP contribution in [0.1, 0.15) is 11.1 Å². The van der Waals surface area contributed by atoms with E-state index in [1.54, 1.807) is 0 Å². The van der Waals surface area contributed by atoms with E-state index >= 15 is 0 Å². The van der Waals surface area contributed by atoms with Gasteiger partial charge in [0.05, 0.1) is 0 Å². The third-order valence-corrected chi connectivity index (χ3v) is 1.31. The van der Waals surface area contributed by atoms with Gasteiger partial charge in [0.1, 0.15) is 0 Å². The average Bonchev–Trinajstić information content (AvgIpc) is 2.23. The number of hydrogen-bond acceptors (Lipinski definition) is 1. The number of aliphatic hydroxyl groups excluding tert-OH is 1. The molecule has 0 bridgehead atoms. The minimum absolute atomic E-state index is 0. The first-order valence-corrected chi connectivity index (χ1v) is 2.94. The van der Waals surface area contributed by atoms with E-state index in [0.717, 1.165) is 7.11 Å². The molecule has 0 aliphatic carbocycles. The number of aryl methyl sites for hydroxylation is 2. The van der Waals surface area contributed by atoms with Crippen molar-refractivity contribution in [3.8, 4) is 0 Å². The summed E-state index contributed by atoms with van der Waals surface area (Å²) in [5, 5.41) is 7.00. The summed E-state index contributed by atoms with van der Waals surface area (Å²) < 4.78 is 0. The fourth-order valence-corrected chi connectivity index (χ4v) is 0.600. The summed E-state index contributed by atoms with van der Waals surface area (Å²) in [5.74, 6) is 0. The molecule has 1 aromatic rings. The van der Waals surface area contributed by atoms with Crippen LogP contribution in [0, 0.1) is 13.8 Å². The van der Waals surface area contributed by atoms with Crippen molar-refractivity contribution in [3.63, 3.8) is 0 Å². The number of aliphatic hydroxyl groups is 1. The summed E-state index contributed by atoms with van der Waals surface area (Å²) in [4.78, 5) is 0. The van der Waals surface area contributed by atoms with Crippen molar-refractivity contribution < 1.29 is 51.6 Å². The van der Waals surface area contributed by atoms with Crippen LogP contribution >= 0.6 is 0 Å². The Balaban J connectivity index is -0.0000000600. The molecule has 1 aromatic carbocycles. The Morgan fingerprint density at radius 1 is 1.25 bits per heavy atom. The zero-order valence-electron chi connectivity index (χ0n) is 7.44. The molecule has 0 heterocycles. The fourth-order valence-electron chi connectivity index (χ4n) is 0.600. The molecule has 0 aliphatic rings. The molecule has 1 nitrogen and oxygen atoms in total. The molecule has 0 aliphatic heterocycles. The maximum Gasteiger partial charge on any atom is 3.00 e. The molecule has 0 spiro atoms. The molecule has 0 atom stereocenters. The van der Waals surface area contributed by atoms with Crippen LogP contribution in [-0.4, -0.2) is 12.2 Å². The van der Waals surface area contributed by atoms with E-state index in [9.17, 15) is 0 Å². The molecular formula is C8H13Cl2OTi. The van der Waals surface area contributed by atoms with Crippen molar-refractivity contribution >= 4 is 0 Å². The molecule has 0 saturated carbocycles. The van der Waals surface area contributed by atoms with Crippen LogP contribution in [0.2, 0.25) is 0 Å². The molecule has 0 saturated heterocycles. The zero-order chi connectivity index (χ0) is 7.28. The van der Waals surface area contributed by atoms with Gasteiger partial charge in [0.15, 0.2) is 0 Å². The van der Waals surface area contributed by atoms with Crippen molar-refractivity contribution in [2.24, 2.45) is 0 Å². The Morgan fingerprint density at radius 2 is 1.67 bits per heavy atom. The summed E-state index contributed by atoms with van der Waals surface area (Å²) in [6.07, 6.45) is 0. The van der Waals surface area contributed by atoms with Gasteiger partial charge in [0.25, 0.3) is 0 Å². The van der Waals surface area contributed by atoms with Gasteiger partial charge in [-0.25, -0.2) is 12.1 Å². The van der Waals surface area contributed by atoms with Gasteiger partial charge < -0.3 is 29.9 Å². The quantitative estimate of drug-likeness (QED) is 0.361. The molecule has 1 N–H and O–H groups in total. The van der Waals surface area contributed by atoms with E-state index in [1.165, 1.54) is 11.1 Å². The molecule has 0 fully saturated rings. The number of halogens is 2. The topological polar surface area (TPSA) is 20.2 Å². The number of hydrogen-bond donors (Lipinski definition) is 1. The van der Waals surface area contributed by atoms with E-state index in [0.29, 0.717) is 0 Å². The Morgan fingerprint density at radius 3 is 1.75 bits per heavy atom. The van der Waals surface area contributed by atoms with Crippen molar-refractivity contribution in [3.05, 3.63) is 29.3 Å². The van der Waals surface area contributed by atoms with Gasteiger partial charge in [-0.1, -0.05) is 13.8 Å². The Hall–Kier alpha value is 0.604. The van der Waals surface area contributed by atoms with E-state index < -0.39 is 0 Å². The first-order valence-electron chi connectivity index (χ1n) is 2.94. The third-order valence-electron chi connectivity index (χ3n) is 1.31. The Kier molecular flexibility index (Phi) is 27.0. The second kappa shape index (κ2) is 14.1. The van der Waals surface area contributed by atoms with Gasteiger partial charge in [-0.3, -0.25) is 0 Å². The number of rotatable bonds is 0. The molecule has 1 radical (unpaired) electrons. The van der Waals surface area contributed by atoms with Crippen LogP contribution in [0.5, 0.6) is 0 Å². The Labute approximate surface area is 102 Å². The standard InChI is InChI=1S/C7H9.CH4O.2ClH.Ti/c1-6-4-3-5-7(6)2;1-2;;;/h3-5H,1-2H3;2H,1H3;2*1H;/q-1;;;;+3/p-2. The van der Waals surface area contributed by atoms with E-state index in [4.69, 9.17) is 5.11 Å². The Bertz CT molecular complexity index is 149. The third kappa shape index (κ3) is 8.70. The van der Waals surface area contributed by atoms with Crippen molar-refractivity contribution in [1.29, 1.82) is 0 Å². The van der Waals surface area contributed by atoms with Gasteiger partial charge in [-0.05, 0) is 0 Å². The van der Waals surface area contributed by atoms with Crippen LogP contribution in [0.25, 0.3) is 0 Å². The maximum atomic E-state index is 7.00. The second-order valence-corrected chi connectivity index (χ2v) is 1.89. The molecule has 69 valence electrons. The first kappa shape index (κ1) is 22.9. The SMILES string of the molecule is CO.Cc1ccc[c-]1C.[Cl-].[Cl-].[Ti+3]. The summed E-state index contributed by atoms with van der Waals surface area (Å²) in [7, 11) is 1.00. The zero-order valence-corrected chi connectivity index (χ0v) is 10.5. The minimum atomic E-state index is 0.